The normalized spacial score (nSPS) is 10.4. The van der Waals surface area contributed by atoms with Crippen molar-refractivity contribution in [3.63, 3.8) is 0 Å². The molecule has 1 aromatic carbocycles. The van der Waals surface area contributed by atoms with Gasteiger partial charge in [0.05, 0.1) is 23.3 Å². The van der Waals surface area contributed by atoms with Crippen LogP contribution in [0.15, 0.2) is 42.6 Å². The van der Waals surface area contributed by atoms with Gasteiger partial charge in [0.25, 0.3) is 0 Å². The molecule has 0 amide bonds. The van der Waals surface area contributed by atoms with E-state index in [-0.39, 0.29) is 0 Å². The van der Waals surface area contributed by atoms with Crippen LogP contribution in [0.2, 0.25) is 0 Å². The van der Waals surface area contributed by atoms with Crippen LogP contribution in [0, 0.1) is 11.3 Å². The number of aryl methyl sites for hydroxylation is 1. The number of fused-ring (bicyclic) bond motifs is 1. The second-order valence-electron chi connectivity index (χ2n) is 4.49. The van der Waals surface area contributed by atoms with Crippen LogP contribution < -0.4 is 5.32 Å². The maximum Gasteiger partial charge on any atom is 0.144 e. The molecule has 3 rings (SSSR count). The first kappa shape index (κ1) is 12.2. The third-order valence-electron chi connectivity index (χ3n) is 3.20. The van der Waals surface area contributed by atoms with Gasteiger partial charge in [-0.15, -0.1) is 0 Å². The minimum absolute atomic E-state index is 0.547. The Balaban J connectivity index is 1.94. The molecule has 0 saturated heterocycles. The number of benzene rings is 1. The highest BCUT2D eigenvalue weighted by atomic mass is 15.3. The van der Waals surface area contributed by atoms with E-state index in [0.717, 1.165) is 16.6 Å². The molecule has 0 unspecified atom stereocenters. The molecule has 20 heavy (non-hydrogen) atoms. The summed E-state index contributed by atoms with van der Waals surface area (Å²) in [4.78, 5) is 4.51. The second-order valence-corrected chi connectivity index (χ2v) is 4.49. The van der Waals surface area contributed by atoms with Crippen molar-refractivity contribution >= 4 is 16.7 Å². The summed E-state index contributed by atoms with van der Waals surface area (Å²) in [6.07, 6.45) is 1.75. The zero-order chi connectivity index (χ0) is 13.9. The topological polar surface area (TPSA) is 66.5 Å². The van der Waals surface area contributed by atoms with Gasteiger partial charge in [0.2, 0.25) is 0 Å². The SMILES string of the molecule is Cn1nccc1CNc1nc2ccccc2cc1C#N. The van der Waals surface area contributed by atoms with Crippen molar-refractivity contribution in [2.75, 3.05) is 5.32 Å². The Morgan fingerprint density at radius 1 is 1.30 bits per heavy atom. The zero-order valence-electron chi connectivity index (χ0n) is 11.0. The average Bonchev–Trinajstić information content (AvgIpc) is 2.89. The molecule has 0 atom stereocenters. The highest BCUT2D eigenvalue weighted by Gasteiger charge is 2.07. The first-order valence-electron chi connectivity index (χ1n) is 6.28. The molecule has 0 aliphatic heterocycles. The Morgan fingerprint density at radius 2 is 2.15 bits per heavy atom. The average molecular weight is 263 g/mol. The Hall–Kier alpha value is -2.87. The maximum atomic E-state index is 9.24. The number of hydrogen-bond acceptors (Lipinski definition) is 4. The van der Waals surface area contributed by atoms with Crippen molar-refractivity contribution in [1.29, 1.82) is 5.26 Å². The van der Waals surface area contributed by atoms with Crippen LogP contribution in [0.1, 0.15) is 11.3 Å². The van der Waals surface area contributed by atoms with E-state index >= 15 is 0 Å². The monoisotopic (exact) mass is 263 g/mol. The van der Waals surface area contributed by atoms with E-state index in [9.17, 15) is 5.26 Å². The maximum absolute atomic E-state index is 9.24. The van der Waals surface area contributed by atoms with Crippen molar-refractivity contribution in [3.05, 3.63) is 53.9 Å². The molecule has 0 fully saturated rings. The van der Waals surface area contributed by atoms with E-state index in [0.29, 0.717) is 17.9 Å². The lowest BCUT2D eigenvalue weighted by molar-refractivity contribution is 0.720. The molecule has 5 heteroatoms. The Labute approximate surface area is 116 Å². The number of pyridine rings is 1. The Bertz CT molecular complexity index is 797. The van der Waals surface area contributed by atoms with Gasteiger partial charge in [0.1, 0.15) is 11.9 Å². The number of hydrogen-bond donors (Lipinski definition) is 1. The summed E-state index contributed by atoms with van der Waals surface area (Å²) in [5, 5.41) is 17.5. The number of nitriles is 1. The molecular formula is C15H13N5. The minimum atomic E-state index is 0.547. The zero-order valence-corrected chi connectivity index (χ0v) is 11.0. The van der Waals surface area contributed by atoms with Crippen LogP contribution in [0.4, 0.5) is 5.82 Å². The first-order chi connectivity index (χ1) is 9.78. The molecule has 0 bridgehead atoms. The molecule has 98 valence electrons. The number of anilines is 1. The third kappa shape index (κ3) is 2.19. The minimum Gasteiger partial charge on any atom is -0.363 e. The van der Waals surface area contributed by atoms with E-state index < -0.39 is 0 Å². The number of aromatic nitrogens is 3. The summed E-state index contributed by atoms with van der Waals surface area (Å²) in [5.41, 5.74) is 2.45. The van der Waals surface area contributed by atoms with Crippen LogP contribution in [0.5, 0.6) is 0 Å². The molecule has 3 aromatic rings. The van der Waals surface area contributed by atoms with Crippen LogP contribution in [-0.4, -0.2) is 14.8 Å². The lowest BCUT2D eigenvalue weighted by Crippen LogP contribution is -2.07. The highest BCUT2D eigenvalue weighted by Crippen LogP contribution is 2.20. The molecule has 0 saturated carbocycles. The summed E-state index contributed by atoms with van der Waals surface area (Å²) in [5.74, 6) is 0.604. The second kappa shape index (κ2) is 5.02. The van der Waals surface area contributed by atoms with E-state index in [1.54, 1.807) is 10.9 Å². The van der Waals surface area contributed by atoms with Crippen molar-refractivity contribution in [2.24, 2.45) is 7.05 Å². The number of nitrogens with zero attached hydrogens (tertiary/aromatic N) is 4. The molecule has 2 aromatic heterocycles. The largest absolute Gasteiger partial charge is 0.363 e. The Kier molecular flexibility index (Phi) is 3.05. The van der Waals surface area contributed by atoms with E-state index in [4.69, 9.17) is 0 Å². The molecule has 2 heterocycles. The van der Waals surface area contributed by atoms with E-state index in [1.807, 2.05) is 43.4 Å². The van der Waals surface area contributed by atoms with Gasteiger partial charge < -0.3 is 5.32 Å². The van der Waals surface area contributed by atoms with Crippen LogP contribution in [0.3, 0.4) is 0 Å². The van der Waals surface area contributed by atoms with Gasteiger partial charge in [-0.1, -0.05) is 18.2 Å². The predicted octanol–water partition coefficient (Wildman–Crippen LogP) is 2.45. The molecule has 0 spiro atoms. The smallest absolute Gasteiger partial charge is 0.144 e. The Morgan fingerprint density at radius 3 is 2.90 bits per heavy atom. The highest BCUT2D eigenvalue weighted by molar-refractivity contribution is 5.82. The quantitative estimate of drug-likeness (QED) is 0.788. The summed E-state index contributed by atoms with van der Waals surface area (Å²) in [6.45, 7) is 0.580. The van der Waals surface area contributed by atoms with Gasteiger partial charge in [-0.05, 0) is 18.2 Å². The van der Waals surface area contributed by atoms with Crippen LogP contribution in [0.25, 0.3) is 10.9 Å². The molecule has 0 aliphatic rings. The summed E-state index contributed by atoms with van der Waals surface area (Å²) in [6, 6.07) is 13.7. The summed E-state index contributed by atoms with van der Waals surface area (Å²) >= 11 is 0. The van der Waals surface area contributed by atoms with Gasteiger partial charge in [-0.2, -0.15) is 10.4 Å². The molecular weight excluding hydrogens is 250 g/mol. The fourth-order valence-electron chi connectivity index (χ4n) is 2.08. The van der Waals surface area contributed by atoms with Crippen LogP contribution in [-0.2, 0) is 13.6 Å². The molecule has 0 aliphatic carbocycles. The van der Waals surface area contributed by atoms with Gasteiger partial charge >= 0.3 is 0 Å². The lowest BCUT2D eigenvalue weighted by atomic mass is 10.1. The van der Waals surface area contributed by atoms with Gasteiger partial charge in [-0.3, -0.25) is 4.68 Å². The first-order valence-corrected chi connectivity index (χ1v) is 6.28. The third-order valence-corrected chi connectivity index (χ3v) is 3.20. The van der Waals surface area contributed by atoms with Crippen molar-refractivity contribution in [2.45, 2.75) is 6.54 Å². The molecule has 1 N–H and O–H groups in total. The standard InChI is InChI=1S/C15H13N5/c1-20-13(6-7-18-20)10-17-15-12(9-16)8-11-4-2-3-5-14(11)19-15/h2-8H,10H2,1H3,(H,17,19). The number of para-hydroxylation sites is 1. The van der Waals surface area contributed by atoms with E-state index in [1.165, 1.54) is 0 Å². The van der Waals surface area contributed by atoms with Crippen LogP contribution >= 0.6 is 0 Å². The lowest BCUT2D eigenvalue weighted by Gasteiger charge is -2.09. The van der Waals surface area contributed by atoms with Gasteiger partial charge in [0, 0.05) is 18.6 Å². The van der Waals surface area contributed by atoms with E-state index in [2.05, 4.69) is 21.5 Å². The molecule has 0 radical (unpaired) electrons. The van der Waals surface area contributed by atoms with Gasteiger partial charge in [0.15, 0.2) is 0 Å². The van der Waals surface area contributed by atoms with Crippen molar-refractivity contribution in [1.82, 2.24) is 14.8 Å². The number of nitrogens with one attached hydrogen (secondary N) is 1. The molecule has 5 nitrogen and oxygen atoms in total. The predicted molar refractivity (Wildman–Crippen MR) is 77.0 cm³/mol. The van der Waals surface area contributed by atoms with Crippen molar-refractivity contribution < 1.29 is 0 Å². The van der Waals surface area contributed by atoms with Gasteiger partial charge in [-0.25, -0.2) is 4.98 Å². The fourth-order valence-corrected chi connectivity index (χ4v) is 2.08. The number of rotatable bonds is 3. The fraction of sp³-hybridized carbons (Fsp3) is 0.133. The summed E-state index contributed by atoms with van der Waals surface area (Å²) in [7, 11) is 1.88. The van der Waals surface area contributed by atoms with Crippen molar-refractivity contribution in [3.8, 4) is 6.07 Å². The summed E-state index contributed by atoms with van der Waals surface area (Å²) < 4.78 is 1.79.